The van der Waals surface area contributed by atoms with E-state index in [9.17, 15) is 14.4 Å². The van der Waals surface area contributed by atoms with Crippen molar-refractivity contribution in [3.05, 3.63) is 89.1 Å². The topological polar surface area (TPSA) is 130 Å². The molecule has 216 valence electrons. The zero-order valence-electron chi connectivity index (χ0n) is 22.8. The maximum Gasteiger partial charge on any atom is 0.410 e. The Balaban J connectivity index is 0.00000387. The number of benzene rings is 2. The molecule has 0 unspecified atom stereocenters. The summed E-state index contributed by atoms with van der Waals surface area (Å²) in [4.78, 5) is 45.8. The number of rotatable bonds is 7. The van der Waals surface area contributed by atoms with E-state index in [-0.39, 0.29) is 42.5 Å². The van der Waals surface area contributed by atoms with Crippen molar-refractivity contribution in [2.75, 3.05) is 44.6 Å². The summed E-state index contributed by atoms with van der Waals surface area (Å²) in [5.74, 6) is -0.0834. The fraction of sp³-hybridized carbons (Fsp3) is 0.333. The van der Waals surface area contributed by atoms with Gasteiger partial charge < -0.3 is 30.9 Å². The second-order valence-electron chi connectivity index (χ2n) is 10.0. The number of nitrogens with two attached hydrogens (primary N) is 1. The Labute approximate surface area is 245 Å². The molecule has 2 saturated heterocycles. The van der Waals surface area contributed by atoms with Crippen LogP contribution in [0.15, 0.2) is 66.7 Å². The third-order valence-electron chi connectivity index (χ3n) is 7.36. The molecule has 0 bridgehead atoms. The number of hydrogen-bond donors (Lipinski definition) is 3. The largest absolute Gasteiger partial charge is 0.445 e. The van der Waals surface area contributed by atoms with Crippen LogP contribution in [0.1, 0.15) is 50.7 Å². The minimum Gasteiger partial charge on any atom is -0.445 e. The van der Waals surface area contributed by atoms with Gasteiger partial charge in [-0.15, -0.1) is 12.4 Å². The number of piperazine rings is 1. The van der Waals surface area contributed by atoms with Crippen molar-refractivity contribution in [3.63, 3.8) is 0 Å². The number of carbonyl (C=O) groups is 3. The first-order valence-corrected chi connectivity index (χ1v) is 13.6. The minimum absolute atomic E-state index is 0. The molecule has 0 radical (unpaired) electrons. The van der Waals surface area contributed by atoms with Crippen molar-refractivity contribution < 1.29 is 19.1 Å². The summed E-state index contributed by atoms with van der Waals surface area (Å²) in [5.41, 5.74) is 9.00. The third-order valence-corrected chi connectivity index (χ3v) is 7.36. The van der Waals surface area contributed by atoms with E-state index in [2.05, 4.69) is 10.6 Å². The molecule has 5 rings (SSSR count). The van der Waals surface area contributed by atoms with Gasteiger partial charge in [-0.25, -0.2) is 9.78 Å². The lowest BCUT2D eigenvalue weighted by Crippen LogP contribution is -2.46. The SMILES string of the molecule is Cl.NC(=O)c1ccc(C2CCN(C(=O)OCc3ccccc3)CC2)nc1Nc1ccc(C(=O)N2CCNCC2)cc1. The van der Waals surface area contributed by atoms with Crippen LogP contribution in [0.25, 0.3) is 0 Å². The van der Waals surface area contributed by atoms with Crippen LogP contribution in [-0.2, 0) is 11.3 Å². The molecule has 2 aliphatic rings. The second-order valence-corrected chi connectivity index (χ2v) is 10.0. The second kappa shape index (κ2) is 14.0. The van der Waals surface area contributed by atoms with Crippen LogP contribution < -0.4 is 16.4 Å². The number of likely N-dealkylation sites (tertiary alicyclic amines) is 1. The van der Waals surface area contributed by atoms with Crippen LogP contribution in [0.4, 0.5) is 16.3 Å². The number of pyridine rings is 1. The van der Waals surface area contributed by atoms with Crippen molar-refractivity contribution in [2.24, 2.45) is 5.73 Å². The molecule has 2 aromatic carbocycles. The van der Waals surface area contributed by atoms with E-state index in [0.29, 0.717) is 43.2 Å². The predicted molar refractivity (Wildman–Crippen MR) is 159 cm³/mol. The lowest BCUT2D eigenvalue weighted by Gasteiger charge is -2.31. The quantitative estimate of drug-likeness (QED) is 0.387. The van der Waals surface area contributed by atoms with E-state index < -0.39 is 5.91 Å². The van der Waals surface area contributed by atoms with Gasteiger partial charge >= 0.3 is 6.09 Å². The zero-order valence-corrected chi connectivity index (χ0v) is 23.6. The first-order valence-electron chi connectivity index (χ1n) is 13.6. The van der Waals surface area contributed by atoms with Gasteiger partial charge in [0.25, 0.3) is 11.8 Å². The molecule has 10 nitrogen and oxygen atoms in total. The molecule has 4 N–H and O–H groups in total. The number of primary amides is 1. The average molecular weight is 579 g/mol. The highest BCUT2D eigenvalue weighted by Crippen LogP contribution is 2.30. The molecule has 41 heavy (non-hydrogen) atoms. The summed E-state index contributed by atoms with van der Waals surface area (Å²) in [6.45, 7) is 4.32. The van der Waals surface area contributed by atoms with Crippen LogP contribution in [0, 0.1) is 0 Å². The molecule has 1 aromatic heterocycles. The van der Waals surface area contributed by atoms with Crippen LogP contribution in [-0.4, -0.2) is 72.0 Å². The van der Waals surface area contributed by atoms with Gasteiger partial charge in [-0.2, -0.15) is 0 Å². The van der Waals surface area contributed by atoms with E-state index in [1.165, 1.54) is 0 Å². The van der Waals surface area contributed by atoms with Crippen LogP contribution in [0.2, 0.25) is 0 Å². The van der Waals surface area contributed by atoms with Crippen LogP contribution in [0.5, 0.6) is 0 Å². The van der Waals surface area contributed by atoms with Gasteiger partial charge in [0, 0.05) is 62.1 Å². The first kappa shape index (κ1) is 29.8. The molecule has 0 atom stereocenters. The van der Waals surface area contributed by atoms with Gasteiger partial charge in [-0.3, -0.25) is 9.59 Å². The zero-order chi connectivity index (χ0) is 27.9. The first-order chi connectivity index (χ1) is 19.5. The Bertz CT molecular complexity index is 1340. The number of halogens is 1. The lowest BCUT2D eigenvalue weighted by molar-refractivity contribution is 0.0735. The van der Waals surface area contributed by atoms with Crippen molar-refractivity contribution in [2.45, 2.75) is 25.4 Å². The monoisotopic (exact) mass is 578 g/mol. The number of hydrogen-bond acceptors (Lipinski definition) is 7. The summed E-state index contributed by atoms with van der Waals surface area (Å²) in [5, 5.41) is 6.45. The van der Waals surface area contributed by atoms with Gasteiger partial charge in [0.15, 0.2) is 0 Å². The molecule has 0 aliphatic carbocycles. The molecule has 3 heterocycles. The van der Waals surface area contributed by atoms with Crippen molar-refractivity contribution in [1.29, 1.82) is 0 Å². The van der Waals surface area contributed by atoms with Crippen molar-refractivity contribution >= 4 is 41.8 Å². The minimum atomic E-state index is -0.581. The summed E-state index contributed by atoms with van der Waals surface area (Å²) in [6, 6.07) is 20.3. The Morgan fingerprint density at radius 2 is 1.59 bits per heavy atom. The van der Waals surface area contributed by atoms with Crippen molar-refractivity contribution in [3.8, 4) is 0 Å². The Morgan fingerprint density at radius 1 is 0.902 bits per heavy atom. The standard InChI is InChI=1S/C30H34N6O4.ClH/c31-27(37)25-10-11-26(22-12-16-36(17-13-22)30(39)40-20-21-4-2-1-3-5-21)34-28(25)33-24-8-6-23(7-9-24)29(38)35-18-14-32-15-19-35;/h1-11,22,32H,12-20H2,(H2,31,37)(H,33,34);1H. The highest BCUT2D eigenvalue weighted by atomic mass is 35.5. The summed E-state index contributed by atoms with van der Waals surface area (Å²) in [6.07, 6.45) is 1.14. The number of nitrogens with zero attached hydrogens (tertiary/aromatic N) is 3. The molecule has 11 heteroatoms. The third kappa shape index (κ3) is 7.53. The lowest BCUT2D eigenvalue weighted by atomic mass is 9.93. The van der Waals surface area contributed by atoms with E-state index in [4.69, 9.17) is 15.5 Å². The van der Waals surface area contributed by atoms with Gasteiger partial charge in [-0.1, -0.05) is 30.3 Å². The van der Waals surface area contributed by atoms with E-state index in [1.807, 2.05) is 41.3 Å². The molecule has 0 spiro atoms. The van der Waals surface area contributed by atoms with E-state index in [1.54, 1.807) is 35.2 Å². The Morgan fingerprint density at radius 3 is 2.24 bits per heavy atom. The van der Waals surface area contributed by atoms with Gasteiger partial charge in [0.05, 0.1) is 5.56 Å². The summed E-state index contributed by atoms with van der Waals surface area (Å²) >= 11 is 0. The molecular formula is C30H35ClN6O4. The fourth-order valence-electron chi connectivity index (χ4n) is 5.05. The normalized spacial score (nSPS) is 15.5. The number of aromatic nitrogens is 1. The maximum atomic E-state index is 12.8. The van der Waals surface area contributed by atoms with E-state index in [0.717, 1.165) is 37.2 Å². The summed E-state index contributed by atoms with van der Waals surface area (Å²) in [7, 11) is 0. The van der Waals surface area contributed by atoms with Crippen molar-refractivity contribution in [1.82, 2.24) is 20.1 Å². The maximum absolute atomic E-state index is 12.8. The number of amides is 3. The smallest absolute Gasteiger partial charge is 0.410 e. The molecule has 3 aromatic rings. The number of piperidine rings is 1. The number of anilines is 2. The van der Waals surface area contributed by atoms with Crippen LogP contribution >= 0.6 is 12.4 Å². The Kier molecular flexibility index (Phi) is 10.2. The highest BCUT2D eigenvalue weighted by Gasteiger charge is 2.26. The van der Waals surface area contributed by atoms with Gasteiger partial charge in [-0.05, 0) is 54.8 Å². The average Bonchev–Trinajstić information content (AvgIpc) is 3.01. The number of ether oxygens (including phenoxy) is 1. The fourth-order valence-corrected chi connectivity index (χ4v) is 5.05. The number of carbonyl (C=O) groups excluding carboxylic acids is 3. The molecular weight excluding hydrogens is 544 g/mol. The molecule has 3 amide bonds. The Hall–Kier alpha value is -4.15. The summed E-state index contributed by atoms with van der Waals surface area (Å²) < 4.78 is 5.48. The number of nitrogens with one attached hydrogen (secondary N) is 2. The highest BCUT2D eigenvalue weighted by molar-refractivity contribution is 5.98. The predicted octanol–water partition coefficient (Wildman–Crippen LogP) is 3.91. The molecule has 2 aliphatic heterocycles. The van der Waals surface area contributed by atoms with Gasteiger partial charge in [0.2, 0.25) is 0 Å². The van der Waals surface area contributed by atoms with Crippen LogP contribution in [0.3, 0.4) is 0 Å². The van der Waals surface area contributed by atoms with E-state index >= 15 is 0 Å². The molecule has 2 fully saturated rings. The molecule has 0 saturated carbocycles. The van der Waals surface area contributed by atoms with Gasteiger partial charge in [0.1, 0.15) is 12.4 Å².